The molecule has 0 radical (unpaired) electrons. The van der Waals surface area contributed by atoms with E-state index in [1.165, 1.54) is 30.5 Å². The van der Waals surface area contributed by atoms with Crippen molar-refractivity contribution in [2.45, 2.75) is 33.1 Å². The summed E-state index contributed by atoms with van der Waals surface area (Å²) in [4.78, 5) is 3.28. The minimum Gasteiger partial charge on any atom is -0.406 e. The maximum Gasteiger partial charge on any atom is 0.573 e. The van der Waals surface area contributed by atoms with Gasteiger partial charge in [0.25, 0.3) is 0 Å². The van der Waals surface area contributed by atoms with Crippen LogP contribution in [0.5, 0.6) is 5.75 Å². The Bertz CT molecular complexity index is 1410. The quantitative estimate of drug-likeness (QED) is 0.216. The van der Waals surface area contributed by atoms with Gasteiger partial charge in [-0.25, -0.2) is 4.99 Å². The van der Waals surface area contributed by atoms with E-state index < -0.39 is 6.36 Å². The van der Waals surface area contributed by atoms with E-state index in [9.17, 15) is 13.2 Å². The van der Waals surface area contributed by atoms with Gasteiger partial charge in [-0.3, -0.25) is 5.43 Å². The highest BCUT2D eigenvalue weighted by atomic mass is 32.1. The minimum atomic E-state index is -4.73. The molecular formula is C28H27F3N5OS+. The lowest BCUT2D eigenvalue weighted by Crippen LogP contribution is -2.67. The van der Waals surface area contributed by atoms with Gasteiger partial charge in [-0.05, 0) is 78.5 Å². The average molecular weight is 539 g/mol. The summed E-state index contributed by atoms with van der Waals surface area (Å²) in [7, 11) is 0. The maximum atomic E-state index is 12.4. The number of anilines is 1. The topological polar surface area (TPSA) is 85.6 Å². The van der Waals surface area contributed by atoms with Crippen molar-refractivity contribution in [3.8, 4) is 5.75 Å². The van der Waals surface area contributed by atoms with Crippen LogP contribution in [0.2, 0.25) is 0 Å². The molecule has 6 nitrogen and oxygen atoms in total. The number of hydrogen-bond donors (Lipinski definition) is 4. The molecule has 4 rings (SSSR count). The average Bonchev–Trinajstić information content (AvgIpc) is 2.86. The second-order valence-corrected chi connectivity index (χ2v) is 9.17. The third-order valence-corrected chi connectivity index (χ3v) is 6.23. The van der Waals surface area contributed by atoms with Crippen molar-refractivity contribution in [3.63, 3.8) is 0 Å². The molecule has 0 aliphatic heterocycles. The third kappa shape index (κ3) is 6.77. The van der Waals surface area contributed by atoms with Crippen LogP contribution >= 0.6 is 12.2 Å². The van der Waals surface area contributed by atoms with E-state index in [0.29, 0.717) is 17.2 Å². The van der Waals surface area contributed by atoms with Crippen molar-refractivity contribution in [2.75, 3.05) is 5.32 Å². The molecule has 1 aliphatic carbocycles. The molecule has 0 unspecified atom stereocenters. The van der Waals surface area contributed by atoms with Crippen LogP contribution in [0.25, 0.3) is 5.57 Å². The Kier molecular flexibility index (Phi) is 8.11. The molecule has 0 aromatic heterocycles. The number of thiocarbonyl (C=S) groups is 1. The number of aryl methyl sites for hydroxylation is 3. The molecule has 0 fully saturated rings. The van der Waals surface area contributed by atoms with Crippen LogP contribution in [0.15, 0.2) is 72.0 Å². The van der Waals surface area contributed by atoms with Crippen molar-refractivity contribution in [2.24, 2.45) is 10.8 Å². The van der Waals surface area contributed by atoms with Crippen molar-refractivity contribution in [3.05, 3.63) is 94.7 Å². The number of hydrazone groups is 1. The summed E-state index contributed by atoms with van der Waals surface area (Å²) in [5.41, 5.74) is 17.3. The van der Waals surface area contributed by atoms with E-state index in [0.717, 1.165) is 51.2 Å². The van der Waals surface area contributed by atoms with Gasteiger partial charge in [-0.2, -0.15) is 5.10 Å². The predicted octanol–water partition coefficient (Wildman–Crippen LogP) is 4.62. The third-order valence-electron chi connectivity index (χ3n) is 6.04. The highest BCUT2D eigenvalue weighted by Gasteiger charge is 2.31. The molecule has 0 saturated carbocycles. The van der Waals surface area contributed by atoms with Crippen molar-refractivity contribution in [1.82, 2.24) is 5.43 Å². The van der Waals surface area contributed by atoms with Crippen LogP contribution in [-0.4, -0.2) is 23.4 Å². The van der Waals surface area contributed by atoms with Crippen LogP contribution in [0.3, 0.4) is 0 Å². The summed E-state index contributed by atoms with van der Waals surface area (Å²) in [6, 6.07) is 17.6. The number of rotatable bonds is 5. The first-order valence-corrected chi connectivity index (χ1v) is 12.2. The molecule has 0 saturated heterocycles. The predicted molar refractivity (Wildman–Crippen MR) is 149 cm³/mol. The number of benzene rings is 3. The van der Waals surface area contributed by atoms with Gasteiger partial charge in [0.2, 0.25) is 5.69 Å². The molecule has 0 spiro atoms. The number of allylic oxidation sites excluding steroid dienone is 1. The molecule has 0 atom stereocenters. The fraction of sp³-hybridized carbons (Fsp3) is 0.179. The molecule has 1 aliphatic rings. The van der Waals surface area contributed by atoms with Gasteiger partial charge >= 0.3 is 6.36 Å². The summed E-state index contributed by atoms with van der Waals surface area (Å²) in [5.74, 6) is -0.276. The molecule has 0 heterocycles. The second kappa shape index (κ2) is 11.5. The largest absolute Gasteiger partial charge is 0.573 e. The maximum absolute atomic E-state index is 12.4. The lowest BCUT2D eigenvalue weighted by molar-refractivity contribution is -0.353. The van der Waals surface area contributed by atoms with E-state index in [1.54, 1.807) is 6.21 Å². The number of fused-ring (bicyclic) bond motifs is 1. The van der Waals surface area contributed by atoms with E-state index in [4.69, 9.17) is 18.0 Å². The number of nitrogens with zero attached hydrogens (tertiary/aromatic N) is 1. The van der Waals surface area contributed by atoms with Gasteiger partial charge in [0.15, 0.2) is 10.8 Å². The first kappa shape index (κ1) is 26.9. The summed E-state index contributed by atoms with van der Waals surface area (Å²) in [6.45, 7) is 4.03. The summed E-state index contributed by atoms with van der Waals surface area (Å²) in [6.07, 6.45) is -0.0538. The molecule has 0 amide bonds. The Morgan fingerprint density at radius 1 is 1.05 bits per heavy atom. The summed E-state index contributed by atoms with van der Waals surface area (Å²) in [5, 5.41) is 7.85. The molecule has 196 valence electrons. The molecule has 5 N–H and O–H groups in total. The Hall–Kier alpha value is -4.18. The van der Waals surface area contributed by atoms with E-state index >= 15 is 0 Å². The number of nitrogens with two attached hydrogens (primary N) is 1. The van der Waals surface area contributed by atoms with Crippen molar-refractivity contribution < 1.29 is 22.9 Å². The molecule has 0 bridgehead atoms. The summed E-state index contributed by atoms with van der Waals surface area (Å²) < 4.78 is 41.2. The van der Waals surface area contributed by atoms with Gasteiger partial charge in [-0.15, -0.1) is 13.2 Å². The first-order valence-electron chi connectivity index (χ1n) is 11.8. The van der Waals surface area contributed by atoms with E-state index in [2.05, 4.69) is 25.6 Å². The Morgan fingerprint density at radius 3 is 2.42 bits per heavy atom. The number of hydrogen-bond acceptors (Lipinski definition) is 4. The highest BCUT2D eigenvalue weighted by molar-refractivity contribution is 7.80. The lowest BCUT2D eigenvalue weighted by Gasteiger charge is -2.18. The zero-order chi connectivity index (χ0) is 27.3. The van der Waals surface area contributed by atoms with Crippen molar-refractivity contribution in [1.29, 1.82) is 0 Å². The van der Waals surface area contributed by atoms with Crippen LogP contribution in [0.4, 0.5) is 24.5 Å². The number of halogens is 3. The highest BCUT2D eigenvalue weighted by Crippen LogP contribution is 2.28. The fourth-order valence-corrected chi connectivity index (χ4v) is 4.43. The van der Waals surface area contributed by atoms with Crippen LogP contribution in [0.1, 0.15) is 34.2 Å². The monoisotopic (exact) mass is 538 g/mol. The minimum absolute atomic E-state index is 0.276. The Labute approximate surface area is 224 Å². The standard InChI is InChI=1S/C28H26F3N5OS/c1-17-4-3-5-18(2)26(17)35-27(38)36-33-16-19-6-12-23-20(14-19)7-13-25(24(23)15-32)34-21-8-10-22(11-9-21)37-28(29,30)31/h3-6,8-12,14-16H,7,13,32H2,1-2H3,(H2,35,36,38)/p+1/b24-15?,33-16+,34-25?. The van der Waals surface area contributed by atoms with Gasteiger partial charge < -0.3 is 15.8 Å². The van der Waals surface area contributed by atoms with Crippen molar-refractivity contribution >= 4 is 46.2 Å². The van der Waals surface area contributed by atoms with Gasteiger partial charge in [-0.1, -0.05) is 30.3 Å². The van der Waals surface area contributed by atoms with E-state index in [-0.39, 0.29) is 5.75 Å². The Morgan fingerprint density at radius 2 is 1.76 bits per heavy atom. The smallest absolute Gasteiger partial charge is 0.406 e. The van der Waals surface area contributed by atoms with Crippen LogP contribution in [0, 0.1) is 13.8 Å². The molecule has 3 aromatic rings. The van der Waals surface area contributed by atoms with Gasteiger partial charge in [0.05, 0.1) is 11.8 Å². The molecule has 3 aromatic carbocycles. The molecular weight excluding hydrogens is 511 g/mol. The Balaban J connectivity index is 1.43. The van der Waals surface area contributed by atoms with Crippen LogP contribution < -0.4 is 26.2 Å². The normalized spacial score (nSPS) is 15.5. The fourth-order valence-electron chi connectivity index (χ4n) is 4.27. The van der Waals surface area contributed by atoms with E-state index in [1.807, 2.05) is 50.2 Å². The zero-order valence-electron chi connectivity index (χ0n) is 20.8. The van der Waals surface area contributed by atoms with Crippen LogP contribution in [-0.2, 0) is 6.42 Å². The second-order valence-electron chi connectivity index (χ2n) is 8.76. The molecule has 38 heavy (non-hydrogen) atoms. The number of nitrogens with one attached hydrogen (secondary N) is 3. The van der Waals surface area contributed by atoms with Gasteiger partial charge in [0.1, 0.15) is 5.75 Å². The summed E-state index contributed by atoms with van der Waals surface area (Å²) >= 11 is 5.37. The first-order chi connectivity index (χ1) is 18.1. The number of alkyl halides is 3. The van der Waals surface area contributed by atoms with Gasteiger partial charge in [0, 0.05) is 30.4 Å². The zero-order valence-corrected chi connectivity index (χ0v) is 21.6. The SMILES string of the molecule is Cc1cccc(C)c1NC(=S)N/N=C/c1ccc2c(c1)CCC(=[NH+]c1ccc(OC(F)(F)F)cc1)C2=CN. The number of ether oxygens (including phenoxy) is 1. The lowest BCUT2D eigenvalue weighted by atomic mass is 9.85. The molecule has 10 heteroatoms. The number of para-hydroxylation sites is 1.